The number of pyridine rings is 1. The average molecular weight is 267 g/mol. The van der Waals surface area contributed by atoms with Crippen molar-refractivity contribution in [3.63, 3.8) is 0 Å². The molecular weight excluding hydrogens is 244 g/mol. The molecule has 18 heavy (non-hydrogen) atoms. The van der Waals surface area contributed by atoms with Gasteiger partial charge in [0.25, 0.3) is 0 Å². The Morgan fingerprint density at radius 3 is 2.94 bits per heavy atom. The van der Waals surface area contributed by atoms with Gasteiger partial charge in [0.15, 0.2) is 0 Å². The summed E-state index contributed by atoms with van der Waals surface area (Å²) in [5.41, 5.74) is 2.25. The highest BCUT2D eigenvalue weighted by atomic mass is 35.5. The average Bonchev–Trinajstić information content (AvgIpc) is 2.39. The molecule has 0 aliphatic carbocycles. The number of hydrogen-bond acceptors (Lipinski definition) is 2. The van der Waals surface area contributed by atoms with E-state index in [0.717, 1.165) is 18.1 Å². The summed E-state index contributed by atoms with van der Waals surface area (Å²) in [6.45, 7) is 5.46. The van der Waals surface area contributed by atoms with Crippen LogP contribution in [0.15, 0.2) is 12.1 Å². The maximum absolute atomic E-state index is 5.96. The van der Waals surface area contributed by atoms with Crippen molar-refractivity contribution in [2.45, 2.75) is 57.9 Å². The molecular formula is C15H23ClN2. The molecule has 0 saturated carbocycles. The fourth-order valence-electron chi connectivity index (χ4n) is 2.88. The zero-order valence-electron chi connectivity index (χ0n) is 11.5. The first-order valence-corrected chi connectivity index (χ1v) is 7.58. The molecule has 0 bridgehead atoms. The summed E-state index contributed by atoms with van der Waals surface area (Å²) in [7, 11) is 0. The van der Waals surface area contributed by atoms with E-state index in [1.807, 2.05) is 0 Å². The number of alkyl halides is 1. The Bertz CT molecular complexity index is 390. The summed E-state index contributed by atoms with van der Waals surface area (Å²) in [6, 6.07) is 4.91. The minimum atomic E-state index is 0.572. The molecule has 1 aromatic heterocycles. The third kappa shape index (κ3) is 3.17. The second-order valence-corrected chi connectivity index (χ2v) is 5.51. The zero-order valence-corrected chi connectivity index (χ0v) is 12.2. The Morgan fingerprint density at radius 2 is 2.22 bits per heavy atom. The molecule has 1 fully saturated rings. The maximum atomic E-state index is 5.96. The number of aromatic nitrogens is 1. The molecule has 1 unspecified atom stereocenters. The highest BCUT2D eigenvalue weighted by Crippen LogP contribution is 2.27. The first-order valence-electron chi connectivity index (χ1n) is 7.04. The number of aryl methyl sites for hydroxylation is 1. The highest BCUT2D eigenvalue weighted by Gasteiger charge is 2.23. The largest absolute Gasteiger partial charge is 0.354 e. The minimum Gasteiger partial charge on any atom is -0.354 e. The van der Waals surface area contributed by atoms with Crippen LogP contribution in [0.1, 0.15) is 50.3 Å². The first-order chi connectivity index (χ1) is 8.74. The van der Waals surface area contributed by atoms with Crippen molar-refractivity contribution in [2.75, 3.05) is 11.4 Å². The highest BCUT2D eigenvalue weighted by molar-refractivity contribution is 6.17. The molecule has 1 aliphatic rings. The SMILES string of the molecule is CCCC1CCCCN1c1cc(CCl)cc(C)n1. The number of hydrogen-bond donors (Lipinski definition) is 0. The molecule has 0 N–H and O–H groups in total. The fraction of sp³-hybridized carbons (Fsp3) is 0.667. The van der Waals surface area contributed by atoms with Gasteiger partial charge in [-0.15, -0.1) is 11.6 Å². The van der Waals surface area contributed by atoms with E-state index in [4.69, 9.17) is 16.6 Å². The van der Waals surface area contributed by atoms with Gasteiger partial charge >= 0.3 is 0 Å². The molecule has 2 nitrogen and oxygen atoms in total. The second kappa shape index (κ2) is 6.42. The number of rotatable bonds is 4. The van der Waals surface area contributed by atoms with E-state index < -0.39 is 0 Å². The molecule has 1 saturated heterocycles. The van der Waals surface area contributed by atoms with Gasteiger partial charge in [0, 0.05) is 24.2 Å². The lowest BCUT2D eigenvalue weighted by atomic mass is 9.98. The lowest BCUT2D eigenvalue weighted by Crippen LogP contribution is -2.40. The Kier molecular flexibility index (Phi) is 4.87. The van der Waals surface area contributed by atoms with Crippen molar-refractivity contribution in [3.8, 4) is 0 Å². The van der Waals surface area contributed by atoms with Crippen molar-refractivity contribution < 1.29 is 0 Å². The number of nitrogens with zero attached hydrogens (tertiary/aromatic N) is 2. The van der Waals surface area contributed by atoms with E-state index in [2.05, 4.69) is 30.9 Å². The van der Waals surface area contributed by atoms with Crippen LogP contribution in [0.2, 0.25) is 0 Å². The molecule has 0 radical (unpaired) electrons. The summed E-state index contributed by atoms with van der Waals surface area (Å²) in [4.78, 5) is 7.20. The van der Waals surface area contributed by atoms with Crippen LogP contribution >= 0.6 is 11.6 Å². The van der Waals surface area contributed by atoms with Gasteiger partial charge in [0.05, 0.1) is 0 Å². The molecule has 1 atom stereocenters. The standard InChI is InChI=1S/C15H23ClN2/c1-3-6-14-7-4-5-8-18(14)15-10-13(11-16)9-12(2)17-15/h9-10,14H,3-8,11H2,1-2H3. The van der Waals surface area contributed by atoms with Crippen molar-refractivity contribution in [2.24, 2.45) is 0 Å². The van der Waals surface area contributed by atoms with Gasteiger partial charge in [0.2, 0.25) is 0 Å². The van der Waals surface area contributed by atoms with E-state index >= 15 is 0 Å². The van der Waals surface area contributed by atoms with Gasteiger partial charge < -0.3 is 4.90 Å². The van der Waals surface area contributed by atoms with Crippen LogP contribution in [0.5, 0.6) is 0 Å². The zero-order chi connectivity index (χ0) is 13.0. The normalized spacial score (nSPS) is 20.2. The lowest BCUT2D eigenvalue weighted by molar-refractivity contribution is 0.431. The Morgan fingerprint density at radius 1 is 1.39 bits per heavy atom. The van der Waals surface area contributed by atoms with Crippen LogP contribution in [-0.2, 0) is 5.88 Å². The monoisotopic (exact) mass is 266 g/mol. The van der Waals surface area contributed by atoms with Crippen LogP contribution in [0.4, 0.5) is 5.82 Å². The van der Waals surface area contributed by atoms with Gasteiger partial charge in [-0.25, -0.2) is 4.98 Å². The van der Waals surface area contributed by atoms with Crippen LogP contribution in [0.3, 0.4) is 0 Å². The fourth-order valence-corrected chi connectivity index (χ4v) is 3.04. The maximum Gasteiger partial charge on any atom is 0.129 e. The van der Waals surface area contributed by atoms with Crippen LogP contribution in [-0.4, -0.2) is 17.6 Å². The Balaban J connectivity index is 2.24. The molecule has 0 aromatic carbocycles. The van der Waals surface area contributed by atoms with E-state index in [0.29, 0.717) is 11.9 Å². The Labute approximate surface area is 115 Å². The smallest absolute Gasteiger partial charge is 0.129 e. The predicted octanol–water partition coefficient (Wildman–Crippen LogP) is 4.29. The number of halogens is 1. The lowest BCUT2D eigenvalue weighted by Gasteiger charge is -2.37. The molecule has 3 heteroatoms. The molecule has 1 aromatic rings. The summed E-state index contributed by atoms with van der Waals surface area (Å²) >= 11 is 5.96. The van der Waals surface area contributed by atoms with Gasteiger partial charge in [0.1, 0.15) is 5.82 Å². The number of piperidine rings is 1. The quantitative estimate of drug-likeness (QED) is 0.756. The molecule has 2 heterocycles. The molecule has 100 valence electrons. The second-order valence-electron chi connectivity index (χ2n) is 5.24. The topological polar surface area (TPSA) is 16.1 Å². The van der Waals surface area contributed by atoms with Crippen molar-refractivity contribution in [3.05, 3.63) is 23.4 Å². The van der Waals surface area contributed by atoms with Crippen molar-refractivity contribution in [1.82, 2.24) is 4.98 Å². The number of anilines is 1. The summed E-state index contributed by atoms with van der Waals surface area (Å²) in [5, 5.41) is 0. The summed E-state index contributed by atoms with van der Waals surface area (Å²) < 4.78 is 0. The summed E-state index contributed by atoms with van der Waals surface area (Å²) in [6.07, 6.45) is 6.46. The van der Waals surface area contributed by atoms with E-state index in [1.165, 1.54) is 37.7 Å². The van der Waals surface area contributed by atoms with E-state index in [9.17, 15) is 0 Å². The van der Waals surface area contributed by atoms with Gasteiger partial charge in [-0.3, -0.25) is 0 Å². The summed E-state index contributed by atoms with van der Waals surface area (Å²) in [5.74, 6) is 1.70. The van der Waals surface area contributed by atoms with Gasteiger partial charge in [-0.2, -0.15) is 0 Å². The third-order valence-electron chi connectivity index (χ3n) is 3.70. The van der Waals surface area contributed by atoms with E-state index in [1.54, 1.807) is 0 Å². The first kappa shape index (κ1) is 13.7. The molecule has 2 rings (SSSR count). The van der Waals surface area contributed by atoms with Crippen LogP contribution < -0.4 is 4.90 Å². The molecule has 0 spiro atoms. The van der Waals surface area contributed by atoms with Crippen LogP contribution in [0, 0.1) is 6.92 Å². The third-order valence-corrected chi connectivity index (χ3v) is 4.01. The van der Waals surface area contributed by atoms with Crippen molar-refractivity contribution in [1.29, 1.82) is 0 Å². The van der Waals surface area contributed by atoms with Gasteiger partial charge in [-0.1, -0.05) is 13.3 Å². The van der Waals surface area contributed by atoms with Gasteiger partial charge in [-0.05, 0) is 50.3 Å². The molecule has 1 aliphatic heterocycles. The molecule has 0 amide bonds. The van der Waals surface area contributed by atoms with E-state index in [-0.39, 0.29) is 0 Å². The van der Waals surface area contributed by atoms with Crippen molar-refractivity contribution >= 4 is 17.4 Å². The minimum absolute atomic E-state index is 0.572. The van der Waals surface area contributed by atoms with Crippen LogP contribution in [0.25, 0.3) is 0 Å². The predicted molar refractivity (Wildman–Crippen MR) is 78.4 cm³/mol. The Hall–Kier alpha value is -0.760.